The summed E-state index contributed by atoms with van der Waals surface area (Å²) < 4.78 is 55.5. The number of carbonyl (C=O) groups is 1. The number of amides is 1. The van der Waals surface area contributed by atoms with Crippen LogP contribution >= 0.6 is 11.6 Å². The average molecular weight is 394 g/mol. The third kappa shape index (κ3) is 4.73. The molecule has 0 bridgehead atoms. The van der Waals surface area contributed by atoms with Crippen molar-refractivity contribution in [2.45, 2.75) is 37.5 Å². The zero-order chi connectivity index (χ0) is 19.3. The van der Waals surface area contributed by atoms with Crippen molar-refractivity contribution in [2.24, 2.45) is 0 Å². The van der Waals surface area contributed by atoms with Gasteiger partial charge < -0.3 is 5.32 Å². The van der Waals surface area contributed by atoms with E-state index in [-0.39, 0.29) is 11.7 Å². The van der Waals surface area contributed by atoms with E-state index in [2.05, 4.69) is 15.2 Å². The van der Waals surface area contributed by atoms with Crippen molar-refractivity contribution in [3.05, 3.63) is 48.3 Å². The maximum absolute atomic E-state index is 12.9. The summed E-state index contributed by atoms with van der Waals surface area (Å²) in [6, 6.07) is 8.11. The molecule has 2 aromatic rings. The normalized spacial score (nSPS) is 14.3. The van der Waals surface area contributed by atoms with Gasteiger partial charge in [-0.05, 0) is 18.6 Å². The molecule has 0 saturated carbocycles. The number of hydrogen-bond donors (Lipinski definition) is 1. The minimum Gasteiger partial charge on any atom is -0.322 e. The topological polar surface area (TPSA) is 56.1 Å². The van der Waals surface area contributed by atoms with E-state index in [0.29, 0.717) is 12.0 Å². The Morgan fingerprint density at radius 3 is 2.62 bits per heavy atom. The number of benzene rings is 1. The summed E-state index contributed by atoms with van der Waals surface area (Å²) in [5.41, 5.74) is -1.36. The van der Waals surface area contributed by atoms with E-state index in [0.717, 1.165) is 0 Å². The number of anilines is 1. The fourth-order valence-corrected chi connectivity index (χ4v) is 2.52. The molecule has 26 heavy (non-hydrogen) atoms. The monoisotopic (exact) mass is 393 g/mol. The van der Waals surface area contributed by atoms with Crippen LogP contribution in [0.2, 0.25) is 0 Å². The number of aromatic nitrogens is 2. The molecule has 10 heteroatoms. The van der Waals surface area contributed by atoms with Gasteiger partial charge in [-0.2, -0.15) is 13.9 Å². The summed E-state index contributed by atoms with van der Waals surface area (Å²) in [6.45, 7) is 1.90. The van der Waals surface area contributed by atoms with Gasteiger partial charge in [0, 0.05) is 23.6 Å². The van der Waals surface area contributed by atoms with Gasteiger partial charge in [-0.1, -0.05) is 36.7 Å². The first-order valence-corrected chi connectivity index (χ1v) is 8.06. The average Bonchev–Trinajstić information content (AvgIpc) is 3.10. The lowest BCUT2D eigenvalue weighted by molar-refractivity contribution is -0.303. The Labute approximate surface area is 151 Å². The predicted molar refractivity (Wildman–Crippen MR) is 87.4 cm³/mol. The Hall–Kier alpha value is -2.13. The van der Waals surface area contributed by atoms with Crippen molar-refractivity contribution < 1.29 is 27.1 Å². The van der Waals surface area contributed by atoms with Crippen molar-refractivity contribution in [3.8, 4) is 0 Å². The van der Waals surface area contributed by atoms with Crippen molar-refractivity contribution >= 4 is 23.2 Å². The summed E-state index contributed by atoms with van der Waals surface area (Å²) in [5, 5.41) is 6.49. The summed E-state index contributed by atoms with van der Waals surface area (Å²) in [6.07, 6.45) is -4.97. The van der Waals surface area contributed by atoms with Crippen LogP contribution in [0, 0.1) is 0 Å². The van der Waals surface area contributed by atoms with Gasteiger partial charge in [0.15, 0.2) is 0 Å². The molecule has 2 rings (SSSR count). The van der Waals surface area contributed by atoms with Gasteiger partial charge in [0.1, 0.15) is 0 Å². The van der Waals surface area contributed by atoms with Crippen LogP contribution < -0.4 is 5.32 Å². The molecule has 0 spiro atoms. The molecule has 0 saturated heterocycles. The highest BCUT2D eigenvalue weighted by Gasteiger charge is 2.45. The van der Waals surface area contributed by atoms with Gasteiger partial charge in [0.2, 0.25) is 5.56 Å². The number of ether oxygens (including phenoxy) is 1. The number of hydrogen-bond acceptors (Lipinski definition) is 3. The fourth-order valence-electron chi connectivity index (χ4n) is 2.35. The van der Waals surface area contributed by atoms with Crippen molar-refractivity contribution in [2.75, 3.05) is 5.32 Å². The molecule has 0 aliphatic carbocycles. The summed E-state index contributed by atoms with van der Waals surface area (Å²) >= 11 is 5.41. The fraction of sp³-hybridized carbons (Fsp3) is 0.375. The van der Waals surface area contributed by atoms with Crippen molar-refractivity contribution in [1.29, 1.82) is 0 Å². The molecular weight excluding hydrogens is 378 g/mol. The van der Waals surface area contributed by atoms with Gasteiger partial charge in [-0.3, -0.25) is 14.2 Å². The van der Waals surface area contributed by atoms with Crippen LogP contribution in [0.25, 0.3) is 0 Å². The molecule has 0 aliphatic rings. The van der Waals surface area contributed by atoms with Crippen molar-refractivity contribution in [3.63, 3.8) is 0 Å². The lowest BCUT2D eigenvalue weighted by Gasteiger charge is -2.22. The van der Waals surface area contributed by atoms with E-state index in [1.165, 1.54) is 6.07 Å². The summed E-state index contributed by atoms with van der Waals surface area (Å²) in [4.78, 5) is 12.0. The Morgan fingerprint density at radius 2 is 2.04 bits per heavy atom. The Kier molecular flexibility index (Phi) is 6.60. The molecule has 0 fully saturated rings. The van der Waals surface area contributed by atoms with Crippen molar-refractivity contribution in [1.82, 2.24) is 9.78 Å². The first-order chi connectivity index (χ1) is 12.3. The van der Waals surface area contributed by atoms with Crippen LogP contribution in [-0.4, -0.2) is 33.8 Å². The van der Waals surface area contributed by atoms with Gasteiger partial charge in [-0.15, -0.1) is 0 Å². The highest BCUT2D eigenvalue weighted by Crippen LogP contribution is 2.30. The van der Waals surface area contributed by atoms with E-state index in [4.69, 9.17) is 11.6 Å². The summed E-state index contributed by atoms with van der Waals surface area (Å²) in [5.74, 6) is -1.19. The highest BCUT2D eigenvalue weighted by molar-refractivity contribution is 6.31. The van der Waals surface area contributed by atoms with E-state index >= 15 is 0 Å². The van der Waals surface area contributed by atoms with Gasteiger partial charge in [-0.25, -0.2) is 8.78 Å². The third-order valence-electron chi connectivity index (χ3n) is 3.53. The molecule has 0 radical (unpaired) electrons. The lowest BCUT2D eigenvalue weighted by Crippen LogP contribution is -2.38. The Morgan fingerprint density at radius 1 is 1.35 bits per heavy atom. The number of alkyl halides is 5. The number of halogens is 5. The van der Waals surface area contributed by atoms with Crippen LogP contribution in [0.3, 0.4) is 0 Å². The SMILES string of the molecule is CCC(c1ccccc1NC(=O)C(Cl)OC(F)(F)C(F)F)n1cccn1. The van der Waals surface area contributed by atoms with Gasteiger partial charge in [0.25, 0.3) is 5.91 Å². The van der Waals surface area contributed by atoms with Crippen LogP contribution in [-0.2, 0) is 9.53 Å². The Bertz CT molecular complexity index is 728. The molecule has 0 aliphatic heterocycles. The number of rotatable bonds is 8. The molecule has 1 aromatic carbocycles. The molecule has 1 N–H and O–H groups in total. The first-order valence-electron chi connectivity index (χ1n) is 7.63. The third-order valence-corrected chi connectivity index (χ3v) is 3.82. The minimum absolute atomic E-state index is 0.237. The first kappa shape index (κ1) is 20.2. The second-order valence-electron chi connectivity index (χ2n) is 5.28. The number of para-hydroxylation sites is 1. The van der Waals surface area contributed by atoms with Crippen LogP contribution in [0.15, 0.2) is 42.7 Å². The zero-order valence-corrected chi connectivity index (χ0v) is 14.3. The molecule has 2 atom stereocenters. The quantitative estimate of drug-likeness (QED) is 0.538. The maximum Gasteiger partial charge on any atom is 0.418 e. The smallest absolute Gasteiger partial charge is 0.322 e. The molecule has 2 unspecified atom stereocenters. The zero-order valence-electron chi connectivity index (χ0n) is 13.6. The number of carbonyl (C=O) groups excluding carboxylic acids is 1. The molecule has 142 valence electrons. The maximum atomic E-state index is 12.9. The van der Waals surface area contributed by atoms with Crippen LogP contribution in [0.4, 0.5) is 23.2 Å². The van der Waals surface area contributed by atoms with Crippen LogP contribution in [0.5, 0.6) is 0 Å². The molecule has 5 nitrogen and oxygen atoms in total. The molecular formula is C16H16ClF4N3O2. The second kappa shape index (κ2) is 8.50. The summed E-state index contributed by atoms with van der Waals surface area (Å²) in [7, 11) is 0. The highest BCUT2D eigenvalue weighted by atomic mass is 35.5. The molecule has 1 heterocycles. The number of nitrogens with one attached hydrogen (secondary N) is 1. The lowest BCUT2D eigenvalue weighted by atomic mass is 10.0. The van der Waals surface area contributed by atoms with E-state index < -0.39 is 24.0 Å². The number of nitrogens with zero attached hydrogens (tertiary/aromatic N) is 2. The standard InChI is InChI=1S/C16H16ClF4N3O2/c1-2-12(24-9-5-8-22-24)10-6-3-4-7-11(10)23-14(25)13(17)26-16(20,21)15(18)19/h3-9,12-13,15H,2H2,1H3,(H,23,25). The minimum atomic E-state index is -4.83. The van der Waals surface area contributed by atoms with E-state index in [1.54, 1.807) is 41.3 Å². The molecule has 1 aromatic heterocycles. The second-order valence-corrected chi connectivity index (χ2v) is 5.68. The van der Waals surface area contributed by atoms with Gasteiger partial charge in [0.05, 0.1) is 6.04 Å². The predicted octanol–water partition coefficient (Wildman–Crippen LogP) is 4.26. The van der Waals surface area contributed by atoms with Gasteiger partial charge >= 0.3 is 12.5 Å². The Balaban J connectivity index is 2.18. The molecule has 1 amide bonds. The van der Waals surface area contributed by atoms with Crippen LogP contribution in [0.1, 0.15) is 24.9 Å². The van der Waals surface area contributed by atoms with E-state index in [9.17, 15) is 22.4 Å². The van der Waals surface area contributed by atoms with E-state index in [1.807, 2.05) is 6.92 Å². The largest absolute Gasteiger partial charge is 0.418 e.